The van der Waals surface area contributed by atoms with Gasteiger partial charge in [-0.2, -0.15) is 0 Å². The van der Waals surface area contributed by atoms with Gasteiger partial charge in [-0.15, -0.1) is 0 Å². The maximum Gasteiger partial charge on any atom is 0.254 e. The summed E-state index contributed by atoms with van der Waals surface area (Å²) in [6.07, 6.45) is 3.16. The van der Waals surface area contributed by atoms with Crippen LogP contribution in [0.15, 0.2) is 18.2 Å². The molecule has 2 fully saturated rings. The minimum atomic E-state index is -0.432. The fourth-order valence-corrected chi connectivity index (χ4v) is 3.50. The Balaban J connectivity index is 1.64. The van der Waals surface area contributed by atoms with Crippen molar-refractivity contribution in [1.82, 2.24) is 10.6 Å². The predicted octanol–water partition coefficient (Wildman–Crippen LogP) is 2.25. The molecule has 3 atom stereocenters. The van der Waals surface area contributed by atoms with Crippen molar-refractivity contribution in [2.45, 2.75) is 32.2 Å². The molecule has 1 saturated heterocycles. The normalized spacial score (nSPS) is 29.0. The number of rotatable bonds is 2. The highest BCUT2D eigenvalue weighted by Crippen LogP contribution is 2.32. The van der Waals surface area contributed by atoms with Crippen molar-refractivity contribution < 1.29 is 9.18 Å². The highest BCUT2D eigenvalue weighted by molar-refractivity contribution is 5.94. The van der Waals surface area contributed by atoms with Gasteiger partial charge in [0.25, 0.3) is 5.91 Å². The first-order valence-corrected chi connectivity index (χ1v) is 7.41. The van der Waals surface area contributed by atoms with Crippen LogP contribution >= 0.6 is 0 Å². The summed E-state index contributed by atoms with van der Waals surface area (Å²) in [6.45, 7) is 3.98. The van der Waals surface area contributed by atoms with Crippen molar-refractivity contribution in [3.8, 4) is 0 Å². The SMILES string of the molecule is Cc1ccc(C(=O)NC2CC[C@H]3CNC[C@H]3C2)c(F)c1. The van der Waals surface area contributed by atoms with E-state index in [1.54, 1.807) is 12.1 Å². The molecular formula is C16H21FN2O. The number of carbonyl (C=O) groups is 1. The third-order valence-electron chi connectivity index (χ3n) is 4.66. The highest BCUT2D eigenvalue weighted by atomic mass is 19.1. The number of benzene rings is 1. The van der Waals surface area contributed by atoms with Gasteiger partial charge in [-0.25, -0.2) is 4.39 Å². The Hall–Kier alpha value is -1.42. The van der Waals surface area contributed by atoms with Crippen LogP contribution in [0.25, 0.3) is 0 Å². The quantitative estimate of drug-likeness (QED) is 0.870. The van der Waals surface area contributed by atoms with E-state index >= 15 is 0 Å². The standard InChI is InChI=1S/C16H21FN2O/c1-10-2-5-14(15(17)6-10)16(20)19-13-4-3-11-8-18-9-12(11)7-13/h2,5-6,11-13,18H,3-4,7-9H2,1H3,(H,19,20)/t11-,12+,13?/m0/s1. The van der Waals surface area contributed by atoms with Crippen LogP contribution < -0.4 is 10.6 Å². The summed E-state index contributed by atoms with van der Waals surface area (Å²) in [6, 6.07) is 4.94. The number of amides is 1. The zero-order valence-corrected chi connectivity index (χ0v) is 11.8. The Morgan fingerprint density at radius 3 is 2.90 bits per heavy atom. The number of halogens is 1. The zero-order chi connectivity index (χ0) is 14.1. The molecule has 20 heavy (non-hydrogen) atoms. The third-order valence-corrected chi connectivity index (χ3v) is 4.66. The number of fused-ring (bicyclic) bond motifs is 1. The van der Waals surface area contributed by atoms with E-state index in [1.807, 2.05) is 6.92 Å². The van der Waals surface area contributed by atoms with E-state index in [0.29, 0.717) is 5.92 Å². The summed E-state index contributed by atoms with van der Waals surface area (Å²) < 4.78 is 13.8. The van der Waals surface area contributed by atoms with Crippen molar-refractivity contribution in [3.63, 3.8) is 0 Å². The summed E-state index contributed by atoms with van der Waals surface area (Å²) in [7, 11) is 0. The fraction of sp³-hybridized carbons (Fsp3) is 0.562. The van der Waals surface area contributed by atoms with Gasteiger partial charge in [0.15, 0.2) is 0 Å². The van der Waals surface area contributed by atoms with Gasteiger partial charge >= 0.3 is 0 Å². The lowest BCUT2D eigenvalue weighted by atomic mass is 9.79. The van der Waals surface area contributed by atoms with Crippen molar-refractivity contribution in [3.05, 3.63) is 35.1 Å². The van der Waals surface area contributed by atoms with Crippen molar-refractivity contribution in [2.75, 3.05) is 13.1 Å². The molecule has 1 aromatic carbocycles. The first kappa shape index (κ1) is 13.6. The van der Waals surface area contributed by atoms with E-state index in [1.165, 1.54) is 6.07 Å². The predicted molar refractivity (Wildman–Crippen MR) is 76.1 cm³/mol. The molecule has 1 aromatic rings. The van der Waals surface area contributed by atoms with Gasteiger partial charge in [0.05, 0.1) is 5.56 Å². The highest BCUT2D eigenvalue weighted by Gasteiger charge is 2.34. The molecule has 2 aliphatic rings. The fourth-order valence-electron chi connectivity index (χ4n) is 3.50. The van der Waals surface area contributed by atoms with E-state index < -0.39 is 5.82 Å². The van der Waals surface area contributed by atoms with Crippen LogP contribution in [0.4, 0.5) is 4.39 Å². The van der Waals surface area contributed by atoms with Crippen LogP contribution in [0.1, 0.15) is 35.2 Å². The van der Waals surface area contributed by atoms with Crippen LogP contribution in [-0.4, -0.2) is 25.0 Å². The number of aryl methyl sites for hydroxylation is 1. The van der Waals surface area contributed by atoms with Gasteiger partial charge in [-0.3, -0.25) is 4.79 Å². The Bertz CT molecular complexity index is 517. The molecular weight excluding hydrogens is 255 g/mol. The van der Waals surface area contributed by atoms with Gasteiger partial charge in [-0.05, 0) is 68.8 Å². The molecule has 1 saturated carbocycles. The molecule has 1 amide bonds. The average Bonchev–Trinajstić information content (AvgIpc) is 2.85. The molecule has 108 valence electrons. The third kappa shape index (κ3) is 2.70. The number of nitrogens with one attached hydrogen (secondary N) is 2. The smallest absolute Gasteiger partial charge is 0.254 e. The second-order valence-electron chi connectivity index (χ2n) is 6.15. The first-order valence-electron chi connectivity index (χ1n) is 7.41. The summed E-state index contributed by atoms with van der Waals surface area (Å²) in [4.78, 5) is 12.2. The van der Waals surface area contributed by atoms with Crippen LogP contribution in [0.5, 0.6) is 0 Å². The van der Waals surface area contributed by atoms with Crippen LogP contribution in [-0.2, 0) is 0 Å². The lowest BCUT2D eigenvalue weighted by Gasteiger charge is -2.31. The maximum absolute atomic E-state index is 13.8. The molecule has 1 aliphatic carbocycles. The lowest BCUT2D eigenvalue weighted by Crippen LogP contribution is -2.40. The average molecular weight is 276 g/mol. The van der Waals surface area contributed by atoms with Crippen molar-refractivity contribution in [2.24, 2.45) is 11.8 Å². The van der Waals surface area contributed by atoms with Crippen LogP contribution in [0.3, 0.4) is 0 Å². The summed E-state index contributed by atoms with van der Waals surface area (Å²) in [5.41, 5.74) is 0.985. The molecule has 2 N–H and O–H groups in total. The lowest BCUT2D eigenvalue weighted by molar-refractivity contribution is 0.0909. The minimum Gasteiger partial charge on any atom is -0.349 e. The molecule has 0 bridgehead atoms. The molecule has 3 nitrogen and oxygen atoms in total. The second kappa shape index (κ2) is 5.52. The Morgan fingerprint density at radius 2 is 2.10 bits per heavy atom. The molecule has 0 spiro atoms. The Labute approximate surface area is 118 Å². The summed E-state index contributed by atoms with van der Waals surface area (Å²) in [5.74, 6) is 0.715. The summed E-state index contributed by atoms with van der Waals surface area (Å²) in [5, 5.41) is 6.41. The van der Waals surface area contributed by atoms with Crippen LogP contribution in [0.2, 0.25) is 0 Å². The van der Waals surface area contributed by atoms with Gasteiger partial charge in [-0.1, -0.05) is 6.07 Å². The Morgan fingerprint density at radius 1 is 1.30 bits per heavy atom. The molecule has 0 radical (unpaired) electrons. The topological polar surface area (TPSA) is 41.1 Å². The minimum absolute atomic E-state index is 0.155. The Kier molecular flexibility index (Phi) is 3.74. The summed E-state index contributed by atoms with van der Waals surface area (Å²) >= 11 is 0. The number of hydrogen-bond donors (Lipinski definition) is 2. The van der Waals surface area contributed by atoms with Gasteiger partial charge in [0.2, 0.25) is 0 Å². The number of hydrogen-bond acceptors (Lipinski definition) is 2. The van der Waals surface area contributed by atoms with E-state index in [-0.39, 0.29) is 17.5 Å². The van der Waals surface area contributed by atoms with E-state index in [9.17, 15) is 9.18 Å². The van der Waals surface area contributed by atoms with E-state index in [0.717, 1.165) is 43.8 Å². The van der Waals surface area contributed by atoms with Crippen LogP contribution in [0, 0.1) is 24.6 Å². The monoisotopic (exact) mass is 276 g/mol. The van der Waals surface area contributed by atoms with Gasteiger partial charge < -0.3 is 10.6 Å². The van der Waals surface area contributed by atoms with E-state index in [4.69, 9.17) is 0 Å². The second-order valence-corrected chi connectivity index (χ2v) is 6.15. The molecule has 1 heterocycles. The van der Waals surface area contributed by atoms with Gasteiger partial charge in [0.1, 0.15) is 5.82 Å². The van der Waals surface area contributed by atoms with E-state index in [2.05, 4.69) is 10.6 Å². The largest absolute Gasteiger partial charge is 0.349 e. The molecule has 1 aliphatic heterocycles. The van der Waals surface area contributed by atoms with Crippen molar-refractivity contribution >= 4 is 5.91 Å². The maximum atomic E-state index is 13.8. The molecule has 1 unspecified atom stereocenters. The first-order chi connectivity index (χ1) is 9.63. The molecule has 3 rings (SSSR count). The molecule has 0 aromatic heterocycles. The zero-order valence-electron chi connectivity index (χ0n) is 11.8. The van der Waals surface area contributed by atoms with Gasteiger partial charge in [0, 0.05) is 6.04 Å². The molecule has 4 heteroatoms. The van der Waals surface area contributed by atoms with Crippen molar-refractivity contribution in [1.29, 1.82) is 0 Å². The number of carbonyl (C=O) groups excluding carboxylic acids is 1.